The highest BCUT2D eigenvalue weighted by atomic mass is 16.3. The molecule has 0 amide bonds. The molecule has 0 bridgehead atoms. The van der Waals surface area contributed by atoms with Crippen molar-refractivity contribution in [3.63, 3.8) is 0 Å². The van der Waals surface area contributed by atoms with Gasteiger partial charge in [-0.2, -0.15) is 0 Å². The van der Waals surface area contributed by atoms with Crippen LogP contribution in [0.5, 0.6) is 0 Å². The van der Waals surface area contributed by atoms with Crippen molar-refractivity contribution in [3.05, 3.63) is 89.8 Å². The van der Waals surface area contributed by atoms with Crippen LogP contribution in [0.15, 0.2) is 67.0 Å². The molecule has 24 heavy (non-hydrogen) atoms. The first-order valence-electron chi connectivity index (χ1n) is 7.95. The van der Waals surface area contributed by atoms with Crippen LogP contribution in [-0.4, -0.2) is 20.1 Å². The minimum absolute atomic E-state index is 0.0423. The van der Waals surface area contributed by atoms with E-state index in [4.69, 9.17) is 0 Å². The van der Waals surface area contributed by atoms with Crippen molar-refractivity contribution in [2.75, 3.05) is 0 Å². The molecule has 3 heterocycles. The van der Waals surface area contributed by atoms with E-state index in [9.17, 15) is 5.11 Å². The van der Waals surface area contributed by atoms with Crippen LogP contribution in [0.4, 0.5) is 0 Å². The highest BCUT2D eigenvalue weighted by Gasteiger charge is 2.14. The van der Waals surface area contributed by atoms with Gasteiger partial charge in [-0.3, -0.25) is 15.0 Å². The maximum Gasteiger partial charge on any atom is 0.0853 e. The van der Waals surface area contributed by atoms with Gasteiger partial charge >= 0.3 is 0 Å². The molecule has 0 saturated heterocycles. The van der Waals surface area contributed by atoms with Gasteiger partial charge in [0.2, 0.25) is 0 Å². The highest BCUT2D eigenvalue weighted by molar-refractivity contribution is 5.15. The van der Waals surface area contributed by atoms with Crippen LogP contribution in [0, 0.1) is 0 Å². The number of hydrogen-bond acceptors (Lipinski definition) is 5. The molecule has 3 aromatic rings. The van der Waals surface area contributed by atoms with Crippen molar-refractivity contribution >= 4 is 0 Å². The summed E-state index contributed by atoms with van der Waals surface area (Å²) in [4.78, 5) is 13.3. The summed E-state index contributed by atoms with van der Waals surface area (Å²) in [5.41, 5.74) is 3.55. The summed E-state index contributed by atoms with van der Waals surface area (Å²) < 4.78 is 0. The first kappa shape index (κ1) is 16.2. The van der Waals surface area contributed by atoms with Crippen molar-refractivity contribution in [1.29, 1.82) is 0 Å². The van der Waals surface area contributed by atoms with Gasteiger partial charge in [-0.15, -0.1) is 0 Å². The van der Waals surface area contributed by atoms with Gasteiger partial charge in [-0.25, -0.2) is 0 Å². The van der Waals surface area contributed by atoms with E-state index >= 15 is 0 Å². The van der Waals surface area contributed by atoms with E-state index in [-0.39, 0.29) is 12.6 Å². The zero-order valence-corrected chi connectivity index (χ0v) is 13.3. The molecule has 0 fully saturated rings. The lowest BCUT2D eigenvalue weighted by Crippen LogP contribution is -2.24. The molecule has 122 valence electrons. The predicted octanol–water partition coefficient (Wildman–Crippen LogP) is 2.44. The minimum atomic E-state index is -0.0502. The lowest BCUT2D eigenvalue weighted by atomic mass is 10.1. The van der Waals surface area contributed by atoms with Crippen LogP contribution in [-0.2, 0) is 19.6 Å². The van der Waals surface area contributed by atoms with E-state index < -0.39 is 0 Å². The normalized spacial score (nSPS) is 12.0. The maximum atomic E-state index is 9.21. The maximum absolute atomic E-state index is 9.21. The molecule has 0 aromatic carbocycles. The van der Waals surface area contributed by atoms with Crippen LogP contribution in [0.3, 0.4) is 0 Å². The molecule has 0 aliphatic carbocycles. The summed E-state index contributed by atoms with van der Waals surface area (Å²) in [5.74, 6) is 0. The van der Waals surface area contributed by atoms with E-state index in [1.54, 1.807) is 12.4 Å². The van der Waals surface area contributed by atoms with Crippen LogP contribution in [0.1, 0.15) is 28.8 Å². The van der Waals surface area contributed by atoms with E-state index in [0.29, 0.717) is 12.2 Å². The summed E-state index contributed by atoms with van der Waals surface area (Å²) in [6.07, 6.45) is 4.35. The number of nitrogens with one attached hydrogen (secondary N) is 1. The molecule has 0 aliphatic rings. The van der Waals surface area contributed by atoms with Gasteiger partial charge in [-0.1, -0.05) is 18.2 Å². The van der Waals surface area contributed by atoms with Crippen LogP contribution >= 0.6 is 0 Å². The number of nitrogens with zero attached hydrogens (tertiary/aromatic N) is 3. The largest absolute Gasteiger partial charge is 0.390 e. The summed E-state index contributed by atoms with van der Waals surface area (Å²) in [5, 5.41) is 12.7. The van der Waals surface area contributed by atoms with Gasteiger partial charge in [0, 0.05) is 31.1 Å². The standard InChI is InChI=1S/C19H20N4O/c24-14-17-8-5-7-16(23-17)13-22-19(18-9-2-4-11-21-18)12-15-6-1-3-10-20-15/h1-11,19,22,24H,12-14H2. The van der Waals surface area contributed by atoms with Gasteiger partial charge in [0.15, 0.2) is 0 Å². The molecule has 0 radical (unpaired) electrons. The number of aliphatic hydroxyl groups excluding tert-OH is 1. The Labute approximate surface area is 141 Å². The van der Waals surface area contributed by atoms with Crippen molar-refractivity contribution < 1.29 is 5.11 Å². The Morgan fingerprint density at radius 1 is 0.833 bits per heavy atom. The van der Waals surface area contributed by atoms with E-state index in [1.807, 2.05) is 54.6 Å². The molecule has 3 rings (SSSR count). The lowest BCUT2D eigenvalue weighted by Gasteiger charge is -2.18. The second-order valence-corrected chi connectivity index (χ2v) is 5.49. The SMILES string of the molecule is OCc1cccc(CNC(Cc2ccccn2)c2ccccn2)n1. The molecule has 0 spiro atoms. The molecule has 1 unspecified atom stereocenters. The first-order chi connectivity index (χ1) is 11.8. The van der Waals surface area contributed by atoms with Crippen LogP contribution in [0.25, 0.3) is 0 Å². The second kappa shape index (κ2) is 8.29. The Balaban J connectivity index is 1.74. The smallest absolute Gasteiger partial charge is 0.0853 e. The van der Waals surface area contributed by atoms with Crippen molar-refractivity contribution in [3.8, 4) is 0 Å². The zero-order chi connectivity index (χ0) is 16.6. The average molecular weight is 320 g/mol. The summed E-state index contributed by atoms with van der Waals surface area (Å²) in [7, 11) is 0. The van der Waals surface area contributed by atoms with E-state index in [2.05, 4.69) is 20.3 Å². The van der Waals surface area contributed by atoms with Gasteiger partial charge in [0.1, 0.15) is 0 Å². The van der Waals surface area contributed by atoms with Crippen LogP contribution < -0.4 is 5.32 Å². The fraction of sp³-hybridized carbons (Fsp3) is 0.211. The van der Waals surface area contributed by atoms with Crippen molar-refractivity contribution in [2.45, 2.75) is 25.6 Å². The second-order valence-electron chi connectivity index (χ2n) is 5.49. The Kier molecular flexibility index (Phi) is 5.61. The summed E-state index contributed by atoms with van der Waals surface area (Å²) >= 11 is 0. The monoisotopic (exact) mass is 320 g/mol. The molecule has 1 atom stereocenters. The lowest BCUT2D eigenvalue weighted by molar-refractivity contribution is 0.276. The van der Waals surface area contributed by atoms with Gasteiger partial charge in [0.25, 0.3) is 0 Å². The van der Waals surface area contributed by atoms with Gasteiger partial charge < -0.3 is 10.4 Å². The van der Waals surface area contributed by atoms with Crippen molar-refractivity contribution in [2.24, 2.45) is 0 Å². The molecule has 5 heteroatoms. The fourth-order valence-corrected chi connectivity index (χ4v) is 2.53. The molecular weight excluding hydrogens is 300 g/mol. The third-order valence-electron chi connectivity index (χ3n) is 3.74. The van der Waals surface area contributed by atoms with E-state index in [0.717, 1.165) is 23.5 Å². The average Bonchev–Trinajstić information content (AvgIpc) is 2.67. The summed E-state index contributed by atoms with van der Waals surface area (Å²) in [6.45, 7) is 0.549. The zero-order valence-electron chi connectivity index (χ0n) is 13.3. The first-order valence-corrected chi connectivity index (χ1v) is 7.95. The van der Waals surface area contributed by atoms with Crippen molar-refractivity contribution in [1.82, 2.24) is 20.3 Å². The van der Waals surface area contributed by atoms with E-state index in [1.165, 1.54) is 0 Å². The highest BCUT2D eigenvalue weighted by Crippen LogP contribution is 2.16. The minimum Gasteiger partial charge on any atom is -0.390 e. The topological polar surface area (TPSA) is 70.9 Å². The predicted molar refractivity (Wildman–Crippen MR) is 91.9 cm³/mol. The fourth-order valence-electron chi connectivity index (χ4n) is 2.53. The Bertz CT molecular complexity index is 750. The number of aliphatic hydroxyl groups is 1. The molecule has 0 saturated carbocycles. The Morgan fingerprint density at radius 3 is 2.29 bits per heavy atom. The van der Waals surface area contributed by atoms with Gasteiger partial charge in [0.05, 0.1) is 29.7 Å². The number of rotatable bonds is 7. The number of aromatic nitrogens is 3. The van der Waals surface area contributed by atoms with Crippen LogP contribution in [0.2, 0.25) is 0 Å². The summed E-state index contributed by atoms with van der Waals surface area (Å²) in [6, 6.07) is 17.5. The molecule has 0 aliphatic heterocycles. The third kappa shape index (κ3) is 4.44. The molecular formula is C19H20N4O. The quantitative estimate of drug-likeness (QED) is 0.700. The molecule has 5 nitrogen and oxygen atoms in total. The Hall–Kier alpha value is -2.63. The molecule has 3 aromatic heterocycles. The van der Waals surface area contributed by atoms with Gasteiger partial charge in [-0.05, 0) is 36.4 Å². The Morgan fingerprint density at radius 2 is 1.58 bits per heavy atom. The third-order valence-corrected chi connectivity index (χ3v) is 3.74. The number of pyridine rings is 3. The number of hydrogen-bond donors (Lipinski definition) is 2. The molecule has 2 N–H and O–H groups in total.